The van der Waals surface area contributed by atoms with Gasteiger partial charge in [-0.1, -0.05) is 25.4 Å². The van der Waals surface area contributed by atoms with E-state index in [1.54, 1.807) is 0 Å². The van der Waals surface area contributed by atoms with Crippen LogP contribution in [0.5, 0.6) is 0 Å². The average molecular weight is 347 g/mol. The monoisotopic (exact) mass is 346 g/mol. The first-order chi connectivity index (χ1) is 7.49. The fourth-order valence-corrected chi connectivity index (χ4v) is 2.74. The lowest BCUT2D eigenvalue weighted by molar-refractivity contribution is 0.830. The highest BCUT2D eigenvalue weighted by Gasteiger charge is 2.09. The number of hydrogen-bond acceptors (Lipinski definition) is 2. The minimum Gasteiger partial charge on any atom is -0.398 e. The number of pyridine rings is 1. The molecule has 2 aromatic rings. The first-order valence-corrected chi connectivity index (χ1v) is 6.50. The Kier molecular flexibility index (Phi) is 3.26. The zero-order valence-corrected chi connectivity index (χ0v) is 12.0. The summed E-state index contributed by atoms with van der Waals surface area (Å²) in [6.45, 7) is 4.22. The van der Waals surface area contributed by atoms with E-state index in [1.165, 1.54) is 0 Å². The maximum absolute atomic E-state index is 6.03. The zero-order valence-electron chi connectivity index (χ0n) is 9.09. The van der Waals surface area contributed by atoms with Gasteiger partial charge in [-0.05, 0) is 46.7 Å². The fraction of sp³-hybridized carbons (Fsp3) is 0.250. The summed E-state index contributed by atoms with van der Waals surface area (Å²) in [5.41, 5.74) is 8.73. The second-order valence-corrected chi connectivity index (χ2v) is 5.67. The van der Waals surface area contributed by atoms with Gasteiger partial charge in [0.25, 0.3) is 0 Å². The van der Waals surface area contributed by atoms with Gasteiger partial charge in [0, 0.05) is 25.4 Å². The third-order valence-corrected chi connectivity index (χ3v) is 3.52. The lowest BCUT2D eigenvalue weighted by Crippen LogP contribution is -1.98. The van der Waals surface area contributed by atoms with Gasteiger partial charge >= 0.3 is 0 Å². The Hall–Kier alpha value is -0.550. The van der Waals surface area contributed by atoms with Crippen molar-refractivity contribution in [3.05, 3.63) is 32.5 Å². The molecule has 0 aliphatic carbocycles. The molecule has 0 spiro atoms. The number of hydrogen-bond donors (Lipinski definition) is 1. The van der Waals surface area contributed by atoms with Crippen molar-refractivity contribution in [1.29, 1.82) is 0 Å². The van der Waals surface area contributed by atoms with E-state index in [2.05, 4.69) is 41.4 Å². The largest absolute Gasteiger partial charge is 0.398 e. The number of nitrogens with two attached hydrogens (primary N) is 1. The van der Waals surface area contributed by atoms with E-state index in [0.717, 1.165) is 25.9 Å². The van der Waals surface area contributed by atoms with Crippen LogP contribution in [-0.2, 0) is 0 Å². The summed E-state index contributed by atoms with van der Waals surface area (Å²) in [5.74, 6) is 0.373. The highest BCUT2D eigenvalue weighted by atomic mass is 127. The van der Waals surface area contributed by atoms with Crippen molar-refractivity contribution in [2.75, 3.05) is 5.73 Å². The average Bonchev–Trinajstić information content (AvgIpc) is 2.19. The lowest BCUT2D eigenvalue weighted by atomic mass is 10.1. The molecule has 4 heteroatoms. The molecule has 0 amide bonds. The number of rotatable bonds is 1. The summed E-state index contributed by atoms with van der Waals surface area (Å²) >= 11 is 8.25. The maximum atomic E-state index is 6.03. The molecular weight excluding hydrogens is 335 g/mol. The van der Waals surface area contributed by atoms with Crippen molar-refractivity contribution in [3.8, 4) is 0 Å². The van der Waals surface area contributed by atoms with Crippen LogP contribution in [-0.4, -0.2) is 4.98 Å². The van der Waals surface area contributed by atoms with Crippen LogP contribution in [0.1, 0.15) is 25.5 Å². The Morgan fingerprint density at radius 1 is 1.31 bits per heavy atom. The molecule has 0 fully saturated rings. The lowest BCUT2D eigenvalue weighted by Gasteiger charge is -2.10. The summed E-state index contributed by atoms with van der Waals surface area (Å²) in [6, 6.07) is 5.70. The molecule has 2 rings (SSSR count). The Morgan fingerprint density at radius 2 is 2.00 bits per heavy atom. The van der Waals surface area contributed by atoms with Crippen LogP contribution < -0.4 is 5.73 Å². The Balaban J connectivity index is 2.82. The van der Waals surface area contributed by atoms with Crippen LogP contribution in [0, 0.1) is 3.57 Å². The van der Waals surface area contributed by atoms with E-state index in [1.807, 2.05) is 18.2 Å². The molecule has 0 aliphatic heterocycles. The second kappa shape index (κ2) is 4.37. The van der Waals surface area contributed by atoms with Crippen molar-refractivity contribution < 1.29 is 0 Å². The number of benzene rings is 1. The van der Waals surface area contributed by atoms with Crippen molar-refractivity contribution >= 4 is 50.8 Å². The maximum Gasteiger partial charge on any atom is 0.0860 e. The number of anilines is 1. The van der Waals surface area contributed by atoms with Gasteiger partial charge in [0.2, 0.25) is 0 Å². The topological polar surface area (TPSA) is 38.9 Å². The summed E-state index contributed by atoms with van der Waals surface area (Å²) in [5, 5.41) is 1.63. The molecule has 1 heterocycles. The molecule has 0 saturated heterocycles. The van der Waals surface area contributed by atoms with Crippen LogP contribution in [0.2, 0.25) is 5.02 Å². The Labute approximate surface area is 113 Å². The molecular formula is C12H12ClIN2. The van der Waals surface area contributed by atoms with Crippen LogP contribution in [0.15, 0.2) is 18.2 Å². The van der Waals surface area contributed by atoms with E-state index in [0.29, 0.717) is 10.9 Å². The Bertz CT molecular complexity index is 552. The summed E-state index contributed by atoms with van der Waals surface area (Å²) < 4.78 is 1.04. The van der Waals surface area contributed by atoms with Gasteiger partial charge in [-0.25, -0.2) is 0 Å². The molecule has 2 N–H and O–H groups in total. The van der Waals surface area contributed by atoms with Crippen molar-refractivity contribution in [2.24, 2.45) is 0 Å². The molecule has 16 heavy (non-hydrogen) atoms. The molecule has 0 saturated carbocycles. The van der Waals surface area contributed by atoms with Gasteiger partial charge in [0.15, 0.2) is 0 Å². The number of nitrogens with zero attached hydrogens (tertiary/aromatic N) is 1. The summed E-state index contributed by atoms with van der Waals surface area (Å²) in [7, 11) is 0. The molecule has 0 unspecified atom stereocenters. The molecule has 1 aromatic heterocycles. The zero-order chi connectivity index (χ0) is 11.9. The number of fused-ring (bicyclic) bond motifs is 1. The van der Waals surface area contributed by atoms with E-state index >= 15 is 0 Å². The van der Waals surface area contributed by atoms with Gasteiger partial charge in [-0.2, -0.15) is 0 Å². The first kappa shape index (κ1) is 11.9. The molecule has 0 atom stereocenters. The van der Waals surface area contributed by atoms with Crippen molar-refractivity contribution in [3.63, 3.8) is 0 Å². The molecule has 2 nitrogen and oxygen atoms in total. The number of nitrogen functional groups attached to an aromatic ring is 1. The second-order valence-electron chi connectivity index (χ2n) is 4.07. The van der Waals surface area contributed by atoms with Crippen LogP contribution >= 0.6 is 34.2 Å². The van der Waals surface area contributed by atoms with E-state index < -0.39 is 0 Å². The normalized spacial score (nSPS) is 11.3. The quantitative estimate of drug-likeness (QED) is 0.786. The van der Waals surface area contributed by atoms with Crippen LogP contribution in [0.4, 0.5) is 5.69 Å². The van der Waals surface area contributed by atoms with Crippen LogP contribution in [0.3, 0.4) is 0 Å². The fourth-order valence-electron chi connectivity index (χ4n) is 1.59. The summed E-state index contributed by atoms with van der Waals surface area (Å²) in [6.07, 6.45) is 0. The predicted molar refractivity (Wildman–Crippen MR) is 78.0 cm³/mol. The van der Waals surface area contributed by atoms with E-state index in [4.69, 9.17) is 17.3 Å². The molecule has 1 aromatic carbocycles. The van der Waals surface area contributed by atoms with Crippen LogP contribution in [0.25, 0.3) is 10.9 Å². The summed E-state index contributed by atoms with van der Waals surface area (Å²) in [4.78, 5) is 4.63. The minimum absolute atomic E-state index is 0.373. The molecule has 84 valence electrons. The minimum atomic E-state index is 0.373. The smallest absolute Gasteiger partial charge is 0.0860 e. The molecule has 0 radical (unpaired) electrons. The van der Waals surface area contributed by atoms with E-state index in [-0.39, 0.29) is 0 Å². The Morgan fingerprint density at radius 3 is 2.62 bits per heavy atom. The van der Waals surface area contributed by atoms with Gasteiger partial charge in [0.1, 0.15) is 0 Å². The SMILES string of the molecule is CC(C)c1cc(N)c2cc(Cl)cc(I)c2n1. The highest BCUT2D eigenvalue weighted by Crippen LogP contribution is 2.30. The standard InChI is InChI=1S/C12H12ClIN2/c1-6(2)11-5-10(15)8-3-7(13)4-9(14)12(8)16-11/h3-6H,1-2H3,(H2,15,16). The first-order valence-electron chi connectivity index (χ1n) is 5.04. The van der Waals surface area contributed by atoms with Gasteiger partial charge in [0.05, 0.1) is 5.52 Å². The molecule has 0 aliphatic rings. The molecule has 0 bridgehead atoms. The van der Waals surface area contributed by atoms with E-state index in [9.17, 15) is 0 Å². The number of aromatic nitrogens is 1. The highest BCUT2D eigenvalue weighted by molar-refractivity contribution is 14.1. The van der Waals surface area contributed by atoms with Gasteiger partial charge < -0.3 is 5.73 Å². The number of halogens is 2. The van der Waals surface area contributed by atoms with Gasteiger partial charge in [-0.3, -0.25) is 4.98 Å². The third-order valence-electron chi connectivity index (χ3n) is 2.48. The van der Waals surface area contributed by atoms with Crippen molar-refractivity contribution in [2.45, 2.75) is 19.8 Å². The predicted octanol–water partition coefficient (Wildman–Crippen LogP) is 4.20. The van der Waals surface area contributed by atoms with Gasteiger partial charge in [-0.15, -0.1) is 0 Å². The third kappa shape index (κ3) is 2.11. The van der Waals surface area contributed by atoms with Crippen molar-refractivity contribution in [1.82, 2.24) is 4.98 Å².